The van der Waals surface area contributed by atoms with Crippen molar-refractivity contribution in [1.29, 1.82) is 0 Å². The van der Waals surface area contributed by atoms with Crippen molar-refractivity contribution in [2.75, 3.05) is 18.8 Å². The molecule has 0 bridgehead atoms. The Labute approximate surface area is 148 Å². The van der Waals surface area contributed by atoms with E-state index in [1.165, 1.54) is 0 Å². The van der Waals surface area contributed by atoms with E-state index < -0.39 is 5.60 Å². The van der Waals surface area contributed by atoms with Gasteiger partial charge in [-0.1, -0.05) is 6.58 Å². The van der Waals surface area contributed by atoms with Crippen molar-refractivity contribution >= 4 is 41.3 Å². The van der Waals surface area contributed by atoms with Crippen molar-refractivity contribution in [1.82, 2.24) is 4.90 Å². The molecule has 130 valence electrons. The van der Waals surface area contributed by atoms with Crippen LogP contribution in [0.3, 0.4) is 0 Å². The summed E-state index contributed by atoms with van der Waals surface area (Å²) in [5.74, 6) is 0.577. The van der Waals surface area contributed by atoms with Crippen LogP contribution in [0.1, 0.15) is 34.1 Å². The van der Waals surface area contributed by atoms with Crippen LogP contribution in [0.15, 0.2) is 21.5 Å². The quantitative estimate of drug-likeness (QED) is 0.334. The maximum Gasteiger partial charge on any atom is 0.323 e. The topological polar surface area (TPSA) is 54.3 Å². The average molecular weight is 360 g/mol. The van der Waals surface area contributed by atoms with E-state index in [1.54, 1.807) is 11.8 Å². The number of rotatable bonds is 4. The second-order valence-corrected chi connectivity index (χ2v) is 8.01. The molecule has 5 nitrogen and oxygen atoms in total. The van der Waals surface area contributed by atoms with E-state index >= 15 is 0 Å². The second-order valence-electron chi connectivity index (χ2n) is 6.47. The normalized spacial score (nSPS) is 22.4. The first-order valence-corrected chi connectivity index (χ1v) is 8.96. The molecule has 0 saturated carbocycles. The van der Waals surface area contributed by atoms with Crippen LogP contribution in [0.4, 0.5) is 0 Å². The SMILES string of the molecule is C=N/C(Cl)=N\CC1CSC(=C)CCN1C(C)C(=O)OC(C)(C)C. The van der Waals surface area contributed by atoms with Gasteiger partial charge in [0.25, 0.3) is 0 Å². The molecule has 1 fully saturated rings. The van der Waals surface area contributed by atoms with E-state index in [-0.39, 0.29) is 23.3 Å². The van der Waals surface area contributed by atoms with Crippen LogP contribution in [-0.4, -0.2) is 59.4 Å². The summed E-state index contributed by atoms with van der Waals surface area (Å²) in [4.78, 5) is 23.5. The van der Waals surface area contributed by atoms with Crippen LogP contribution in [0.2, 0.25) is 0 Å². The Balaban J connectivity index is 2.88. The largest absolute Gasteiger partial charge is 0.459 e. The first-order valence-electron chi connectivity index (χ1n) is 7.60. The van der Waals surface area contributed by atoms with Gasteiger partial charge in [0, 0.05) is 18.3 Å². The van der Waals surface area contributed by atoms with Crippen molar-refractivity contribution in [2.24, 2.45) is 9.98 Å². The molecule has 0 aromatic heterocycles. The predicted molar refractivity (Wildman–Crippen MR) is 99.7 cm³/mol. The molecule has 2 unspecified atom stereocenters. The molecule has 0 amide bonds. The Morgan fingerprint density at radius 2 is 2.22 bits per heavy atom. The van der Waals surface area contributed by atoms with Gasteiger partial charge in [0.15, 0.2) is 0 Å². The molecule has 0 aromatic rings. The van der Waals surface area contributed by atoms with Gasteiger partial charge >= 0.3 is 5.97 Å². The Morgan fingerprint density at radius 1 is 1.57 bits per heavy atom. The average Bonchev–Trinajstić information content (AvgIpc) is 2.64. The van der Waals surface area contributed by atoms with Crippen LogP contribution < -0.4 is 0 Å². The molecule has 1 saturated heterocycles. The fourth-order valence-electron chi connectivity index (χ4n) is 2.24. The zero-order chi connectivity index (χ0) is 17.6. The highest BCUT2D eigenvalue weighted by Crippen LogP contribution is 2.27. The summed E-state index contributed by atoms with van der Waals surface area (Å²) in [6.07, 6.45) is 0.839. The van der Waals surface area contributed by atoms with Crippen molar-refractivity contribution in [2.45, 2.75) is 51.8 Å². The molecule has 0 aliphatic carbocycles. The van der Waals surface area contributed by atoms with E-state index in [0.29, 0.717) is 6.54 Å². The van der Waals surface area contributed by atoms with Gasteiger partial charge in [-0.15, -0.1) is 11.8 Å². The van der Waals surface area contributed by atoms with Crippen molar-refractivity contribution < 1.29 is 9.53 Å². The number of hydrogen-bond acceptors (Lipinski definition) is 5. The van der Waals surface area contributed by atoms with E-state index in [1.807, 2.05) is 27.7 Å². The lowest BCUT2D eigenvalue weighted by Crippen LogP contribution is -2.49. The maximum absolute atomic E-state index is 12.4. The zero-order valence-electron chi connectivity index (χ0n) is 14.3. The molecule has 0 aromatic carbocycles. The van der Waals surface area contributed by atoms with E-state index in [9.17, 15) is 4.79 Å². The molecule has 0 radical (unpaired) electrons. The molecule has 1 aliphatic heterocycles. The highest BCUT2D eigenvalue weighted by atomic mass is 35.5. The molecule has 0 spiro atoms. The third-order valence-electron chi connectivity index (χ3n) is 3.41. The van der Waals surface area contributed by atoms with E-state index in [2.05, 4.69) is 28.2 Å². The molecule has 7 heteroatoms. The molecule has 0 N–H and O–H groups in total. The van der Waals surface area contributed by atoms with Crippen LogP contribution in [0, 0.1) is 0 Å². The lowest BCUT2D eigenvalue weighted by atomic mass is 10.1. The van der Waals surface area contributed by atoms with Gasteiger partial charge in [0.1, 0.15) is 11.6 Å². The highest BCUT2D eigenvalue weighted by Gasteiger charge is 2.32. The van der Waals surface area contributed by atoms with Crippen LogP contribution in [0.25, 0.3) is 0 Å². The molecular weight excluding hydrogens is 334 g/mol. The number of esters is 1. The van der Waals surface area contributed by atoms with Gasteiger partial charge < -0.3 is 4.74 Å². The molecule has 1 heterocycles. The van der Waals surface area contributed by atoms with Gasteiger partial charge in [-0.25, -0.2) is 4.99 Å². The summed E-state index contributed by atoms with van der Waals surface area (Å²) in [6.45, 7) is 16.1. The number of halogens is 1. The fraction of sp³-hybridized carbons (Fsp3) is 0.688. The Bertz CT molecular complexity index is 488. The number of carbonyl (C=O) groups excluding carboxylic acids is 1. The first kappa shape index (κ1) is 20.2. The molecule has 1 rings (SSSR count). The monoisotopic (exact) mass is 359 g/mol. The van der Waals surface area contributed by atoms with Crippen molar-refractivity contribution in [3.8, 4) is 0 Å². The predicted octanol–water partition coefficient (Wildman–Crippen LogP) is 3.33. The second kappa shape index (κ2) is 8.85. The minimum Gasteiger partial charge on any atom is -0.459 e. The maximum atomic E-state index is 12.4. The first-order chi connectivity index (χ1) is 10.6. The zero-order valence-corrected chi connectivity index (χ0v) is 15.9. The van der Waals surface area contributed by atoms with E-state index in [0.717, 1.165) is 23.6 Å². The van der Waals surface area contributed by atoms with Crippen LogP contribution in [-0.2, 0) is 9.53 Å². The van der Waals surface area contributed by atoms with Gasteiger partial charge in [0.2, 0.25) is 5.29 Å². The lowest BCUT2D eigenvalue weighted by Gasteiger charge is -2.34. The number of amidine groups is 1. The Kier molecular flexibility index (Phi) is 7.77. The van der Waals surface area contributed by atoms with Gasteiger partial charge in [-0.2, -0.15) is 0 Å². The summed E-state index contributed by atoms with van der Waals surface area (Å²) < 4.78 is 5.52. The Morgan fingerprint density at radius 3 is 2.78 bits per heavy atom. The minimum atomic E-state index is -0.501. The third kappa shape index (κ3) is 7.06. The summed E-state index contributed by atoms with van der Waals surface area (Å²) in [7, 11) is 0. The van der Waals surface area contributed by atoms with Crippen molar-refractivity contribution in [3.05, 3.63) is 11.5 Å². The van der Waals surface area contributed by atoms with Gasteiger partial charge in [-0.05, 0) is 57.3 Å². The van der Waals surface area contributed by atoms with Crippen molar-refractivity contribution in [3.63, 3.8) is 0 Å². The van der Waals surface area contributed by atoms with Gasteiger partial charge in [-0.3, -0.25) is 14.7 Å². The van der Waals surface area contributed by atoms with Gasteiger partial charge in [0.05, 0.1) is 6.54 Å². The number of hydrogen-bond donors (Lipinski definition) is 0. The number of ether oxygens (including phenoxy) is 1. The third-order valence-corrected chi connectivity index (χ3v) is 4.81. The summed E-state index contributed by atoms with van der Waals surface area (Å²) in [5.41, 5.74) is -0.501. The number of thioether (sulfide) groups is 1. The smallest absolute Gasteiger partial charge is 0.323 e. The molecule has 1 aliphatic rings. The van der Waals surface area contributed by atoms with E-state index in [4.69, 9.17) is 16.3 Å². The molecule has 23 heavy (non-hydrogen) atoms. The summed E-state index contributed by atoms with van der Waals surface area (Å²) in [5, 5.41) is 0.142. The van der Waals surface area contributed by atoms with Crippen LogP contribution >= 0.6 is 23.4 Å². The Hall–Kier alpha value is -0.850. The molecular formula is C16H26ClN3O2S. The fourth-order valence-corrected chi connectivity index (χ4v) is 3.27. The molecule has 2 atom stereocenters. The lowest BCUT2D eigenvalue weighted by molar-refractivity contribution is -0.161. The number of carbonyl (C=O) groups is 1. The summed E-state index contributed by atoms with van der Waals surface area (Å²) in [6, 6.07) is -0.284. The number of aliphatic imine (C=N–C) groups is 2. The number of nitrogens with zero attached hydrogens (tertiary/aromatic N) is 3. The summed E-state index contributed by atoms with van der Waals surface area (Å²) >= 11 is 7.52. The van der Waals surface area contributed by atoms with Crippen LogP contribution in [0.5, 0.6) is 0 Å². The standard InChI is InChI=1S/C16H26ClN3O2S/c1-11-7-8-20(12(2)14(21)22-16(3,4)5)13(10-23-11)9-19-15(17)18-6/h12-13H,1,6-10H2,2-5H3/b19-15-. The minimum absolute atomic E-state index is 0.0669. The highest BCUT2D eigenvalue weighted by molar-refractivity contribution is 8.03.